The lowest BCUT2D eigenvalue weighted by atomic mass is 10.1. The molecule has 1 heterocycles. The predicted octanol–water partition coefficient (Wildman–Crippen LogP) is 1.35. The molecule has 1 amide bonds. The number of amides is 1. The van der Waals surface area contributed by atoms with Gasteiger partial charge in [-0.15, -0.1) is 0 Å². The Bertz CT molecular complexity index is 416. The van der Waals surface area contributed by atoms with E-state index in [4.69, 9.17) is 9.47 Å². The number of carbonyl (C=O) groups excluding carboxylic acids is 1. The number of carbonyl (C=O) groups is 1. The van der Waals surface area contributed by atoms with E-state index in [1.165, 1.54) is 19.2 Å². The van der Waals surface area contributed by atoms with Crippen LogP contribution in [0.1, 0.15) is 16.8 Å². The Kier molecular flexibility index (Phi) is 3.58. The van der Waals surface area contributed by atoms with E-state index in [1.54, 1.807) is 6.07 Å². The summed E-state index contributed by atoms with van der Waals surface area (Å²) in [6.07, 6.45) is 0.767. The van der Waals surface area contributed by atoms with Gasteiger partial charge >= 0.3 is 0 Å². The first-order valence-electron chi connectivity index (χ1n) is 5.43. The molecule has 2 rings (SSSR count). The minimum Gasteiger partial charge on any atom is -0.497 e. The standard InChI is InChI=1S/C12H14FNO3/c1-16-9-2-3-10(11(13)6-9)12(15)14-8-4-5-17-7-8/h2-3,6,8H,4-5,7H2,1H3,(H,14,15). The fraction of sp³-hybridized carbons (Fsp3) is 0.417. The van der Waals surface area contributed by atoms with E-state index < -0.39 is 11.7 Å². The molecule has 1 aliphatic heterocycles. The second-order valence-electron chi connectivity index (χ2n) is 3.88. The average molecular weight is 239 g/mol. The van der Waals surface area contributed by atoms with E-state index in [1.807, 2.05) is 0 Å². The maximum absolute atomic E-state index is 13.6. The van der Waals surface area contributed by atoms with E-state index >= 15 is 0 Å². The van der Waals surface area contributed by atoms with Gasteiger partial charge in [0.05, 0.1) is 25.3 Å². The summed E-state index contributed by atoms with van der Waals surface area (Å²) in [5.74, 6) is -0.607. The van der Waals surface area contributed by atoms with Gasteiger partial charge in [0, 0.05) is 12.7 Å². The molecule has 1 unspecified atom stereocenters. The molecule has 1 aromatic carbocycles. The summed E-state index contributed by atoms with van der Waals surface area (Å²) in [4.78, 5) is 11.8. The molecule has 17 heavy (non-hydrogen) atoms. The fourth-order valence-corrected chi connectivity index (χ4v) is 1.72. The Morgan fingerprint density at radius 1 is 1.59 bits per heavy atom. The Morgan fingerprint density at radius 3 is 3.00 bits per heavy atom. The van der Waals surface area contributed by atoms with Crippen molar-refractivity contribution >= 4 is 5.91 Å². The molecule has 0 aliphatic carbocycles. The maximum Gasteiger partial charge on any atom is 0.254 e. The molecule has 1 saturated heterocycles. The van der Waals surface area contributed by atoms with E-state index in [0.29, 0.717) is 19.0 Å². The fourth-order valence-electron chi connectivity index (χ4n) is 1.72. The second-order valence-corrected chi connectivity index (χ2v) is 3.88. The van der Waals surface area contributed by atoms with Gasteiger partial charge in [0.1, 0.15) is 11.6 Å². The Balaban J connectivity index is 2.07. The molecule has 0 spiro atoms. The predicted molar refractivity (Wildman–Crippen MR) is 59.6 cm³/mol. The molecule has 1 aliphatic rings. The van der Waals surface area contributed by atoms with Gasteiger partial charge in [-0.1, -0.05) is 0 Å². The topological polar surface area (TPSA) is 47.6 Å². The first kappa shape index (κ1) is 11.9. The van der Waals surface area contributed by atoms with Crippen LogP contribution in [0, 0.1) is 5.82 Å². The highest BCUT2D eigenvalue weighted by Crippen LogP contribution is 2.16. The van der Waals surface area contributed by atoms with Gasteiger partial charge in [0.2, 0.25) is 0 Å². The van der Waals surface area contributed by atoms with Crippen LogP contribution in [0.3, 0.4) is 0 Å². The summed E-state index contributed by atoms with van der Waals surface area (Å²) < 4.78 is 23.6. The lowest BCUT2D eigenvalue weighted by molar-refractivity contribution is 0.0926. The molecule has 5 heteroatoms. The Hall–Kier alpha value is -1.62. The van der Waals surface area contributed by atoms with Crippen molar-refractivity contribution in [3.63, 3.8) is 0 Å². The number of hydrogen-bond acceptors (Lipinski definition) is 3. The number of ether oxygens (including phenoxy) is 2. The molecule has 0 aromatic heterocycles. The van der Waals surface area contributed by atoms with Crippen LogP contribution < -0.4 is 10.1 Å². The minimum absolute atomic E-state index is 0.0241. The molecule has 0 saturated carbocycles. The molecule has 1 fully saturated rings. The first-order valence-corrected chi connectivity index (χ1v) is 5.43. The number of benzene rings is 1. The monoisotopic (exact) mass is 239 g/mol. The molecule has 1 atom stereocenters. The van der Waals surface area contributed by atoms with Gasteiger partial charge in [-0.25, -0.2) is 4.39 Å². The van der Waals surface area contributed by atoms with E-state index in [0.717, 1.165) is 6.42 Å². The SMILES string of the molecule is COc1ccc(C(=O)NC2CCOC2)c(F)c1. The summed E-state index contributed by atoms with van der Waals surface area (Å²) in [6, 6.07) is 4.15. The number of hydrogen-bond donors (Lipinski definition) is 1. The summed E-state index contributed by atoms with van der Waals surface area (Å²) >= 11 is 0. The molecule has 0 bridgehead atoms. The van der Waals surface area contributed by atoms with Crippen LogP contribution in [0.15, 0.2) is 18.2 Å². The normalized spacial score (nSPS) is 19.1. The Morgan fingerprint density at radius 2 is 2.41 bits per heavy atom. The van der Waals surface area contributed by atoms with Crippen molar-refractivity contribution in [3.8, 4) is 5.75 Å². The van der Waals surface area contributed by atoms with Crippen LogP contribution in [0.25, 0.3) is 0 Å². The van der Waals surface area contributed by atoms with Gasteiger partial charge in [-0.2, -0.15) is 0 Å². The summed E-state index contributed by atoms with van der Waals surface area (Å²) in [5.41, 5.74) is 0.0256. The average Bonchev–Trinajstić information content (AvgIpc) is 2.81. The van der Waals surface area contributed by atoms with E-state index in [9.17, 15) is 9.18 Å². The largest absolute Gasteiger partial charge is 0.497 e. The minimum atomic E-state index is -0.583. The number of nitrogens with one attached hydrogen (secondary N) is 1. The smallest absolute Gasteiger partial charge is 0.254 e. The number of methoxy groups -OCH3 is 1. The van der Waals surface area contributed by atoms with Crippen molar-refractivity contribution in [2.24, 2.45) is 0 Å². The first-order chi connectivity index (χ1) is 8.20. The van der Waals surface area contributed by atoms with Crippen molar-refractivity contribution < 1.29 is 18.7 Å². The maximum atomic E-state index is 13.6. The molecule has 1 aromatic rings. The van der Waals surface area contributed by atoms with E-state index in [2.05, 4.69) is 5.32 Å². The van der Waals surface area contributed by atoms with Crippen LogP contribution >= 0.6 is 0 Å². The number of halogens is 1. The van der Waals surface area contributed by atoms with Crippen LogP contribution in [-0.4, -0.2) is 32.3 Å². The zero-order chi connectivity index (χ0) is 12.3. The molecule has 4 nitrogen and oxygen atoms in total. The van der Waals surface area contributed by atoms with Gasteiger partial charge in [-0.05, 0) is 18.6 Å². The van der Waals surface area contributed by atoms with Crippen LogP contribution in [-0.2, 0) is 4.74 Å². The Labute approximate surface area is 98.7 Å². The van der Waals surface area contributed by atoms with Gasteiger partial charge < -0.3 is 14.8 Å². The van der Waals surface area contributed by atoms with Crippen molar-refractivity contribution in [2.75, 3.05) is 20.3 Å². The molecular weight excluding hydrogens is 225 g/mol. The zero-order valence-corrected chi connectivity index (χ0v) is 9.53. The summed E-state index contributed by atoms with van der Waals surface area (Å²) in [7, 11) is 1.45. The van der Waals surface area contributed by atoms with Gasteiger partial charge in [0.25, 0.3) is 5.91 Å². The number of rotatable bonds is 3. The molecule has 92 valence electrons. The van der Waals surface area contributed by atoms with Gasteiger partial charge in [-0.3, -0.25) is 4.79 Å². The molecular formula is C12H14FNO3. The van der Waals surface area contributed by atoms with Crippen molar-refractivity contribution in [1.82, 2.24) is 5.32 Å². The second kappa shape index (κ2) is 5.14. The van der Waals surface area contributed by atoms with E-state index in [-0.39, 0.29) is 11.6 Å². The van der Waals surface area contributed by atoms with Gasteiger partial charge in [0.15, 0.2) is 0 Å². The third-order valence-corrected chi connectivity index (χ3v) is 2.69. The van der Waals surface area contributed by atoms with Crippen molar-refractivity contribution in [3.05, 3.63) is 29.6 Å². The lowest BCUT2D eigenvalue weighted by Crippen LogP contribution is -2.35. The highest BCUT2D eigenvalue weighted by molar-refractivity contribution is 5.94. The van der Waals surface area contributed by atoms with Crippen LogP contribution in [0.4, 0.5) is 4.39 Å². The molecule has 0 radical (unpaired) electrons. The van der Waals surface area contributed by atoms with Crippen LogP contribution in [0.5, 0.6) is 5.75 Å². The highest BCUT2D eigenvalue weighted by Gasteiger charge is 2.20. The third kappa shape index (κ3) is 2.74. The van der Waals surface area contributed by atoms with Crippen molar-refractivity contribution in [1.29, 1.82) is 0 Å². The summed E-state index contributed by atoms with van der Waals surface area (Å²) in [5, 5.41) is 2.73. The van der Waals surface area contributed by atoms with Crippen molar-refractivity contribution in [2.45, 2.75) is 12.5 Å². The summed E-state index contributed by atoms with van der Waals surface area (Å²) in [6.45, 7) is 1.12. The molecule has 1 N–H and O–H groups in total. The quantitative estimate of drug-likeness (QED) is 0.866. The highest BCUT2D eigenvalue weighted by atomic mass is 19.1. The zero-order valence-electron chi connectivity index (χ0n) is 9.53. The van der Waals surface area contributed by atoms with Crippen LogP contribution in [0.2, 0.25) is 0 Å². The third-order valence-electron chi connectivity index (χ3n) is 2.69. The lowest BCUT2D eigenvalue weighted by Gasteiger charge is -2.11.